The molecule has 220 valence electrons. The van der Waals surface area contributed by atoms with Crippen molar-refractivity contribution in [1.82, 2.24) is 14.5 Å². The number of anilines is 1. The number of nitrogens with zero attached hydrogens (tertiary/aromatic N) is 3. The Morgan fingerprint density at radius 3 is 2.10 bits per heavy atom. The van der Waals surface area contributed by atoms with Crippen molar-refractivity contribution in [3.63, 3.8) is 0 Å². The molecule has 8 nitrogen and oxygen atoms in total. The van der Waals surface area contributed by atoms with Gasteiger partial charge in [-0.2, -0.15) is 12.7 Å². The predicted octanol–water partition coefficient (Wildman–Crippen LogP) is 5.16. The van der Waals surface area contributed by atoms with Crippen LogP contribution in [0.3, 0.4) is 0 Å². The molecular weight excluding hydrogens is 583 g/mol. The maximum absolute atomic E-state index is 14.2. The van der Waals surface area contributed by atoms with Gasteiger partial charge in [0.15, 0.2) is 0 Å². The first kappa shape index (κ1) is 32.4. The van der Waals surface area contributed by atoms with E-state index >= 15 is 0 Å². The summed E-state index contributed by atoms with van der Waals surface area (Å²) in [6, 6.07) is 21.6. The summed E-state index contributed by atoms with van der Waals surface area (Å²) >= 11 is 12.6. The second-order valence-corrected chi connectivity index (χ2v) is 12.8. The first-order valence-electron chi connectivity index (χ1n) is 13.3. The molecule has 0 spiro atoms. The molecule has 3 rings (SSSR count). The van der Waals surface area contributed by atoms with Gasteiger partial charge in [-0.1, -0.05) is 84.7 Å². The fourth-order valence-corrected chi connectivity index (χ4v) is 5.66. The van der Waals surface area contributed by atoms with Gasteiger partial charge in [-0.05, 0) is 48.7 Å². The molecule has 0 aromatic heterocycles. The Bertz CT molecular complexity index is 1420. The van der Waals surface area contributed by atoms with E-state index in [1.54, 1.807) is 48.5 Å². The zero-order valence-corrected chi connectivity index (χ0v) is 26.0. The molecule has 41 heavy (non-hydrogen) atoms. The molecular formula is C30H36Cl2N4O4S. The molecule has 0 aliphatic rings. The average Bonchev–Trinajstić information content (AvgIpc) is 2.95. The minimum Gasteiger partial charge on any atom is -0.352 e. The first-order valence-corrected chi connectivity index (χ1v) is 15.4. The van der Waals surface area contributed by atoms with Crippen LogP contribution in [0, 0.1) is 0 Å². The number of halogens is 2. The molecule has 2 atom stereocenters. The number of carbonyl (C=O) groups excluding carboxylic acids is 2. The van der Waals surface area contributed by atoms with Crippen molar-refractivity contribution in [2.24, 2.45) is 0 Å². The van der Waals surface area contributed by atoms with Gasteiger partial charge in [0.2, 0.25) is 11.8 Å². The van der Waals surface area contributed by atoms with Crippen LogP contribution in [0.5, 0.6) is 0 Å². The quantitative estimate of drug-likeness (QED) is 0.286. The Morgan fingerprint density at radius 1 is 0.927 bits per heavy atom. The Morgan fingerprint density at radius 2 is 1.54 bits per heavy atom. The summed E-state index contributed by atoms with van der Waals surface area (Å²) in [5.74, 6) is -0.908. The lowest BCUT2D eigenvalue weighted by Crippen LogP contribution is -2.55. The Balaban J connectivity index is 2.11. The third-order valence-electron chi connectivity index (χ3n) is 6.69. The second kappa shape index (κ2) is 14.7. The zero-order chi connectivity index (χ0) is 30.2. The Kier molecular flexibility index (Phi) is 11.6. The van der Waals surface area contributed by atoms with Crippen LogP contribution in [0.4, 0.5) is 5.69 Å². The van der Waals surface area contributed by atoms with Gasteiger partial charge >= 0.3 is 10.2 Å². The highest BCUT2D eigenvalue weighted by atomic mass is 35.5. The lowest BCUT2D eigenvalue weighted by atomic mass is 10.0. The van der Waals surface area contributed by atoms with Gasteiger partial charge in [0.1, 0.15) is 12.6 Å². The number of rotatable bonds is 13. The van der Waals surface area contributed by atoms with Crippen LogP contribution in [0.1, 0.15) is 31.4 Å². The van der Waals surface area contributed by atoms with Crippen LogP contribution >= 0.6 is 23.2 Å². The predicted molar refractivity (Wildman–Crippen MR) is 165 cm³/mol. The smallest absolute Gasteiger partial charge is 0.304 e. The third-order valence-corrected chi connectivity index (χ3v) is 9.10. The van der Waals surface area contributed by atoms with Crippen LogP contribution in [-0.4, -0.2) is 62.2 Å². The number of nitrogens with one attached hydrogen (secondary N) is 1. The van der Waals surface area contributed by atoms with Gasteiger partial charge in [0.25, 0.3) is 0 Å². The lowest BCUT2D eigenvalue weighted by Gasteiger charge is -2.35. The molecule has 0 radical (unpaired) electrons. The molecule has 0 aliphatic heterocycles. The van der Waals surface area contributed by atoms with E-state index in [0.29, 0.717) is 27.7 Å². The fourth-order valence-electron chi connectivity index (χ4n) is 4.14. The van der Waals surface area contributed by atoms with E-state index in [-0.39, 0.29) is 24.9 Å². The van der Waals surface area contributed by atoms with Crippen LogP contribution in [0.2, 0.25) is 10.0 Å². The highest BCUT2D eigenvalue weighted by Crippen LogP contribution is 2.25. The van der Waals surface area contributed by atoms with Crippen molar-refractivity contribution in [3.8, 4) is 0 Å². The number of carbonyl (C=O) groups is 2. The molecule has 2 amide bonds. The van der Waals surface area contributed by atoms with Crippen molar-refractivity contribution < 1.29 is 18.0 Å². The molecule has 0 fully saturated rings. The summed E-state index contributed by atoms with van der Waals surface area (Å²) in [4.78, 5) is 29.4. The largest absolute Gasteiger partial charge is 0.352 e. The van der Waals surface area contributed by atoms with E-state index in [1.807, 2.05) is 44.2 Å². The van der Waals surface area contributed by atoms with Crippen molar-refractivity contribution in [2.75, 3.05) is 24.9 Å². The van der Waals surface area contributed by atoms with E-state index in [4.69, 9.17) is 23.2 Å². The number of para-hydroxylation sites is 1. The summed E-state index contributed by atoms with van der Waals surface area (Å²) < 4.78 is 28.9. The summed E-state index contributed by atoms with van der Waals surface area (Å²) in [6.45, 7) is 3.28. The second-order valence-electron chi connectivity index (χ2n) is 9.91. The van der Waals surface area contributed by atoms with Crippen LogP contribution in [-0.2, 0) is 32.8 Å². The summed E-state index contributed by atoms with van der Waals surface area (Å²) in [7, 11) is -1.26. The highest BCUT2D eigenvalue weighted by molar-refractivity contribution is 7.90. The summed E-state index contributed by atoms with van der Waals surface area (Å²) in [5.41, 5.74) is 1.74. The summed E-state index contributed by atoms with van der Waals surface area (Å²) in [5, 5.41) is 3.76. The van der Waals surface area contributed by atoms with E-state index in [1.165, 1.54) is 19.0 Å². The minimum atomic E-state index is -4.06. The van der Waals surface area contributed by atoms with Crippen LogP contribution < -0.4 is 9.62 Å². The van der Waals surface area contributed by atoms with E-state index in [2.05, 4.69) is 5.32 Å². The zero-order valence-electron chi connectivity index (χ0n) is 23.6. The van der Waals surface area contributed by atoms with Crippen LogP contribution in [0.25, 0.3) is 0 Å². The maximum Gasteiger partial charge on any atom is 0.304 e. The Hall–Kier alpha value is -3.11. The SMILES string of the molecule is CCC(C)NC(=O)C(Cc1ccccc1)N(Cc1ccc(Cl)cc1Cl)C(=O)CN(c1ccccc1)S(=O)(=O)N(C)C. The van der Waals surface area contributed by atoms with E-state index < -0.39 is 28.7 Å². The van der Waals surface area contributed by atoms with Crippen molar-refractivity contribution in [3.05, 3.63) is 100 Å². The average molecular weight is 620 g/mol. The first-order chi connectivity index (χ1) is 19.4. The minimum absolute atomic E-state index is 0.0368. The molecule has 0 bridgehead atoms. The van der Waals surface area contributed by atoms with Crippen molar-refractivity contribution >= 4 is 50.9 Å². The topological polar surface area (TPSA) is 90.0 Å². The van der Waals surface area contributed by atoms with Gasteiger partial charge in [0.05, 0.1) is 5.69 Å². The maximum atomic E-state index is 14.2. The lowest BCUT2D eigenvalue weighted by molar-refractivity contribution is -0.140. The molecule has 3 aromatic rings. The number of benzene rings is 3. The number of hydrogen-bond donors (Lipinski definition) is 1. The molecule has 0 saturated carbocycles. The summed E-state index contributed by atoms with van der Waals surface area (Å²) in [6.07, 6.45) is 0.912. The van der Waals surface area contributed by atoms with Gasteiger partial charge in [-0.15, -0.1) is 0 Å². The van der Waals surface area contributed by atoms with Crippen molar-refractivity contribution in [1.29, 1.82) is 0 Å². The van der Waals surface area contributed by atoms with E-state index in [0.717, 1.165) is 14.2 Å². The molecule has 11 heteroatoms. The molecule has 3 aromatic carbocycles. The molecule has 2 unspecified atom stereocenters. The standard InChI is InChI=1S/C30H36Cl2N4O4S/c1-5-22(2)33-30(38)28(18-23-12-8-6-9-13-23)35(20-24-16-17-25(31)19-27(24)32)29(37)21-36(41(39,40)34(3)4)26-14-10-7-11-15-26/h6-17,19,22,28H,5,18,20-21H2,1-4H3,(H,33,38). The molecule has 1 N–H and O–H groups in total. The monoisotopic (exact) mass is 618 g/mol. The van der Waals surface area contributed by atoms with Crippen LogP contribution in [0.15, 0.2) is 78.9 Å². The normalized spacial score (nSPS) is 13.0. The van der Waals surface area contributed by atoms with Crippen molar-refractivity contribution in [2.45, 2.75) is 45.3 Å². The molecule has 0 heterocycles. The molecule has 0 saturated heterocycles. The van der Waals surface area contributed by atoms with Gasteiger partial charge < -0.3 is 10.2 Å². The molecule has 0 aliphatic carbocycles. The van der Waals surface area contributed by atoms with E-state index in [9.17, 15) is 18.0 Å². The third kappa shape index (κ3) is 8.69. The number of amides is 2. The van der Waals surface area contributed by atoms with Gasteiger partial charge in [-0.3, -0.25) is 9.59 Å². The van der Waals surface area contributed by atoms with Gasteiger partial charge in [0, 0.05) is 43.1 Å². The Labute approximate surface area is 253 Å². The van der Waals surface area contributed by atoms with Gasteiger partial charge in [-0.25, -0.2) is 4.31 Å². The number of hydrogen-bond acceptors (Lipinski definition) is 4. The fraction of sp³-hybridized carbons (Fsp3) is 0.333. The highest BCUT2D eigenvalue weighted by Gasteiger charge is 2.35.